The highest BCUT2D eigenvalue weighted by Gasteiger charge is 2.12. The lowest BCUT2D eigenvalue weighted by molar-refractivity contribution is 0.912. The molecule has 1 aromatic heterocycles. The highest BCUT2D eigenvalue weighted by Crippen LogP contribution is 2.25. The first-order chi connectivity index (χ1) is 10.2. The molecule has 0 saturated carbocycles. The zero-order valence-corrected chi connectivity index (χ0v) is 14.3. The lowest BCUT2D eigenvalue weighted by Gasteiger charge is -2.06. The molecule has 0 fully saturated rings. The monoisotopic (exact) mass is 284 g/mol. The normalized spacial score (nSPS) is 8.86. The van der Waals surface area contributed by atoms with Gasteiger partial charge in [-0.05, 0) is 24.6 Å². The number of aryl methyl sites for hydroxylation is 1. The maximum atomic E-state index is 4.60. The van der Waals surface area contributed by atoms with Gasteiger partial charge in [0.15, 0.2) is 0 Å². The summed E-state index contributed by atoms with van der Waals surface area (Å²) in [7, 11) is 2.00. The molecule has 0 spiro atoms. The zero-order valence-electron chi connectivity index (χ0n) is 14.3. The Morgan fingerprint density at radius 2 is 1.57 bits per heavy atom. The Morgan fingerprint density at radius 1 is 1.00 bits per heavy atom. The number of rotatable bonds is 3. The largest absolute Gasteiger partial charge is 0.327 e. The number of benzene rings is 1. The van der Waals surface area contributed by atoms with Crippen molar-refractivity contribution in [2.24, 2.45) is 7.05 Å². The van der Waals surface area contributed by atoms with Gasteiger partial charge in [0, 0.05) is 12.6 Å². The first-order valence-electron chi connectivity index (χ1n) is 7.56. The maximum Gasteiger partial charge on any atom is 0.141 e. The van der Waals surface area contributed by atoms with E-state index in [1.165, 1.54) is 5.56 Å². The summed E-state index contributed by atoms with van der Waals surface area (Å²) in [5.74, 6) is 0.952. The van der Waals surface area contributed by atoms with Crippen LogP contribution < -0.4 is 0 Å². The van der Waals surface area contributed by atoms with Crippen LogP contribution in [0.15, 0.2) is 37.4 Å². The van der Waals surface area contributed by atoms with Crippen molar-refractivity contribution in [2.45, 2.75) is 34.6 Å². The Hall–Kier alpha value is -2.09. The molecule has 0 bridgehead atoms. The van der Waals surface area contributed by atoms with E-state index in [1.54, 1.807) is 6.08 Å². The number of aromatic nitrogens is 2. The Labute approximate surface area is 129 Å². The van der Waals surface area contributed by atoms with Crippen molar-refractivity contribution in [2.75, 3.05) is 0 Å². The third kappa shape index (κ3) is 4.19. The second kappa shape index (κ2) is 9.76. The van der Waals surface area contributed by atoms with Gasteiger partial charge in [-0.15, -0.1) is 0 Å². The van der Waals surface area contributed by atoms with Crippen molar-refractivity contribution < 1.29 is 0 Å². The van der Waals surface area contributed by atoms with Gasteiger partial charge in [0.25, 0.3) is 0 Å². The van der Waals surface area contributed by atoms with E-state index in [1.807, 2.05) is 57.5 Å². The van der Waals surface area contributed by atoms with Gasteiger partial charge >= 0.3 is 0 Å². The minimum atomic E-state index is 0.876. The molecule has 0 amide bonds. The standard InChI is InChI=1S/C15H16N2.2C2H6/c1-5-13-14(6-2)17(4)15(16-13)12-10-8-7-9-11(12)3;2*1-2/h5-10H,1-2H2,3-4H3;2*1-2H3. The lowest BCUT2D eigenvalue weighted by atomic mass is 10.1. The molecule has 0 atom stereocenters. The number of imidazole rings is 1. The topological polar surface area (TPSA) is 17.8 Å². The third-order valence-corrected chi connectivity index (χ3v) is 2.94. The van der Waals surface area contributed by atoms with Gasteiger partial charge in [-0.3, -0.25) is 0 Å². The highest BCUT2D eigenvalue weighted by atomic mass is 15.1. The van der Waals surface area contributed by atoms with E-state index in [-0.39, 0.29) is 0 Å². The molecule has 0 saturated heterocycles. The van der Waals surface area contributed by atoms with E-state index in [9.17, 15) is 0 Å². The van der Waals surface area contributed by atoms with Crippen LogP contribution in [0.1, 0.15) is 44.6 Å². The van der Waals surface area contributed by atoms with Gasteiger partial charge in [0.05, 0.1) is 11.4 Å². The molecule has 114 valence electrons. The zero-order chi connectivity index (χ0) is 16.4. The summed E-state index contributed by atoms with van der Waals surface area (Å²) < 4.78 is 2.05. The molecule has 0 aliphatic rings. The Kier molecular flexibility index (Phi) is 8.79. The molecular formula is C19H28N2. The van der Waals surface area contributed by atoms with Crippen molar-refractivity contribution in [1.82, 2.24) is 9.55 Å². The van der Waals surface area contributed by atoms with E-state index >= 15 is 0 Å². The van der Waals surface area contributed by atoms with E-state index < -0.39 is 0 Å². The van der Waals surface area contributed by atoms with Crippen LogP contribution in [-0.4, -0.2) is 9.55 Å². The summed E-state index contributed by atoms with van der Waals surface area (Å²) in [6, 6.07) is 8.23. The van der Waals surface area contributed by atoms with Crippen LogP contribution in [-0.2, 0) is 7.05 Å². The molecule has 2 nitrogen and oxygen atoms in total. The van der Waals surface area contributed by atoms with Crippen LogP contribution in [0, 0.1) is 6.92 Å². The molecule has 2 rings (SSSR count). The van der Waals surface area contributed by atoms with Crippen LogP contribution in [0.5, 0.6) is 0 Å². The summed E-state index contributed by atoms with van der Waals surface area (Å²) in [4.78, 5) is 4.60. The molecule has 1 aromatic carbocycles. The van der Waals surface area contributed by atoms with Crippen molar-refractivity contribution in [3.63, 3.8) is 0 Å². The van der Waals surface area contributed by atoms with Crippen LogP contribution >= 0.6 is 0 Å². The van der Waals surface area contributed by atoms with E-state index in [4.69, 9.17) is 0 Å². The van der Waals surface area contributed by atoms with Gasteiger partial charge in [0.1, 0.15) is 5.82 Å². The molecular weight excluding hydrogens is 256 g/mol. The van der Waals surface area contributed by atoms with Crippen molar-refractivity contribution in [3.05, 3.63) is 54.4 Å². The summed E-state index contributed by atoms with van der Waals surface area (Å²) in [5, 5.41) is 0. The summed E-state index contributed by atoms with van der Waals surface area (Å²) in [6.45, 7) is 17.7. The Balaban J connectivity index is 0.000000921. The van der Waals surface area contributed by atoms with Crippen LogP contribution in [0.2, 0.25) is 0 Å². The summed E-state index contributed by atoms with van der Waals surface area (Å²) >= 11 is 0. The highest BCUT2D eigenvalue weighted by molar-refractivity contribution is 5.68. The number of hydrogen-bond donors (Lipinski definition) is 0. The molecule has 2 heteroatoms. The van der Waals surface area contributed by atoms with Gasteiger partial charge in [-0.2, -0.15) is 0 Å². The molecule has 0 radical (unpaired) electrons. The first-order valence-corrected chi connectivity index (χ1v) is 7.56. The summed E-state index contributed by atoms with van der Waals surface area (Å²) in [6.07, 6.45) is 3.57. The second-order valence-corrected chi connectivity index (χ2v) is 3.99. The Morgan fingerprint density at radius 3 is 2.00 bits per heavy atom. The van der Waals surface area contributed by atoms with Crippen molar-refractivity contribution in [1.29, 1.82) is 0 Å². The minimum absolute atomic E-state index is 0.876. The molecule has 0 aliphatic carbocycles. The van der Waals surface area contributed by atoms with E-state index in [0.717, 1.165) is 22.8 Å². The fourth-order valence-corrected chi connectivity index (χ4v) is 1.99. The molecule has 0 aliphatic heterocycles. The maximum absolute atomic E-state index is 4.60. The second-order valence-electron chi connectivity index (χ2n) is 3.99. The molecule has 21 heavy (non-hydrogen) atoms. The average Bonchev–Trinajstić information content (AvgIpc) is 2.87. The van der Waals surface area contributed by atoms with Gasteiger partial charge < -0.3 is 4.57 Å². The van der Waals surface area contributed by atoms with Crippen LogP contribution in [0.25, 0.3) is 23.5 Å². The predicted molar refractivity (Wildman–Crippen MR) is 96.3 cm³/mol. The SMILES string of the molecule is C=Cc1nc(-c2ccccc2C)n(C)c1C=C.CC.CC. The average molecular weight is 284 g/mol. The molecule has 1 heterocycles. The predicted octanol–water partition coefficient (Wildman–Crippen LogP) is 5.73. The third-order valence-electron chi connectivity index (χ3n) is 2.94. The quantitative estimate of drug-likeness (QED) is 0.703. The van der Waals surface area contributed by atoms with Gasteiger partial charge in [-0.1, -0.05) is 65.1 Å². The number of nitrogens with zero attached hydrogens (tertiary/aromatic N) is 2. The minimum Gasteiger partial charge on any atom is -0.327 e. The molecule has 2 aromatic rings. The van der Waals surface area contributed by atoms with Gasteiger partial charge in [0.2, 0.25) is 0 Å². The smallest absolute Gasteiger partial charge is 0.141 e. The fourth-order valence-electron chi connectivity index (χ4n) is 1.99. The van der Waals surface area contributed by atoms with E-state index in [0.29, 0.717) is 0 Å². The Bertz CT molecular complexity index is 577. The summed E-state index contributed by atoms with van der Waals surface area (Å²) in [5.41, 5.74) is 4.23. The van der Waals surface area contributed by atoms with Crippen molar-refractivity contribution >= 4 is 12.2 Å². The first kappa shape index (κ1) is 18.9. The van der Waals surface area contributed by atoms with Crippen LogP contribution in [0.4, 0.5) is 0 Å². The fraction of sp³-hybridized carbons (Fsp3) is 0.316. The van der Waals surface area contributed by atoms with Gasteiger partial charge in [-0.25, -0.2) is 4.98 Å². The molecule has 0 N–H and O–H groups in total. The lowest BCUT2D eigenvalue weighted by Crippen LogP contribution is -1.96. The van der Waals surface area contributed by atoms with Crippen LogP contribution in [0.3, 0.4) is 0 Å². The molecule has 0 unspecified atom stereocenters. The van der Waals surface area contributed by atoms with E-state index in [2.05, 4.69) is 37.2 Å². The van der Waals surface area contributed by atoms with Crippen molar-refractivity contribution in [3.8, 4) is 11.4 Å². The number of hydrogen-bond acceptors (Lipinski definition) is 1.